The van der Waals surface area contributed by atoms with E-state index < -0.39 is 5.97 Å². The zero-order valence-electron chi connectivity index (χ0n) is 13.4. The van der Waals surface area contributed by atoms with Crippen LogP contribution in [0.25, 0.3) is 5.69 Å². The summed E-state index contributed by atoms with van der Waals surface area (Å²) < 4.78 is 20.4. The normalized spacial score (nSPS) is 10.6. The van der Waals surface area contributed by atoms with E-state index >= 15 is 0 Å². The summed E-state index contributed by atoms with van der Waals surface area (Å²) in [5.41, 5.74) is 2.55. The predicted octanol–water partition coefficient (Wildman–Crippen LogP) is 3.38. The monoisotopic (exact) mass is 325 g/mol. The Bertz CT molecular complexity index is 875. The molecule has 0 aliphatic rings. The maximum absolute atomic E-state index is 13.7. The third-order valence-electron chi connectivity index (χ3n) is 3.70. The number of carbonyl (C=O) groups is 1. The van der Waals surface area contributed by atoms with Gasteiger partial charge in [0.05, 0.1) is 11.4 Å². The van der Waals surface area contributed by atoms with Gasteiger partial charge in [-0.1, -0.05) is 41.6 Å². The van der Waals surface area contributed by atoms with Crippen molar-refractivity contribution < 1.29 is 13.9 Å². The lowest BCUT2D eigenvalue weighted by Gasteiger charge is -2.06. The summed E-state index contributed by atoms with van der Waals surface area (Å²) in [4.78, 5) is 12.2. The highest BCUT2D eigenvalue weighted by Gasteiger charge is 2.19. The fourth-order valence-corrected chi connectivity index (χ4v) is 2.27. The number of carbonyl (C=O) groups excluding carboxylic acids is 1. The standard InChI is InChI=1S/C18H16FN3O2/c1-12-8-9-15(10-16(12)19)22-13(2)17(20-21-22)18(23)24-11-14-6-4-3-5-7-14/h3-10H,11H2,1-2H3. The molecule has 0 aliphatic carbocycles. The van der Waals surface area contributed by atoms with Crippen LogP contribution < -0.4 is 0 Å². The SMILES string of the molecule is Cc1ccc(-n2nnc(C(=O)OCc3ccccc3)c2C)cc1F. The van der Waals surface area contributed by atoms with E-state index in [1.165, 1.54) is 10.7 Å². The lowest BCUT2D eigenvalue weighted by Crippen LogP contribution is -2.08. The average Bonchev–Trinajstić information content (AvgIpc) is 2.98. The van der Waals surface area contributed by atoms with Gasteiger partial charge in [0, 0.05) is 0 Å². The molecule has 5 nitrogen and oxygen atoms in total. The number of aromatic nitrogens is 3. The molecule has 24 heavy (non-hydrogen) atoms. The Kier molecular flexibility index (Phi) is 4.37. The molecule has 3 rings (SSSR count). The third kappa shape index (κ3) is 3.17. The van der Waals surface area contributed by atoms with Crippen LogP contribution in [0.15, 0.2) is 48.5 Å². The van der Waals surface area contributed by atoms with E-state index in [1.54, 1.807) is 26.0 Å². The first-order valence-electron chi connectivity index (χ1n) is 7.46. The first kappa shape index (κ1) is 15.9. The lowest BCUT2D eigenvalue weighted by molar-refractivity contribution is 0.0464. The van der Waals surface area contributed by atoms with Crippen LogP contribution in [0.1, 0.15) is 27.3 Å². The molecule has 2 aromatic carbocycles. The van der Waals surface area contributed by atoms with Crippen LogP contribution in [0, 0.1) is 19.7 Å². The van der Waals surface area contributed by atoms with E-state index in [4.69, 9.17) is 4.74 Å². The van der Waals surface area contributed by atoms with Crippen molar-refractivity contribution in [3.8, 4) is 5.69 Å². The molecule has 0 bridgehead atoms. The summed E-state index contributed by atoms with van der Waals surface area (Å²) in [6.45, 7) is 3.53. The third-order valence-corrected chi connectivity index (χ3v) is 3.70. The van der Waals surface area contributed by atoms with Gasteiger partial charge in [-0.05, 0) is 37.1 Å². The Morgan fingerprint density at radius 2 is 1.92 bits per heavy atom. The molecule has 0 radical (unpaired) electrons. The topological polar surface area (TPSA) is 57.0 Å². The summed E-state index contributed by atoms with van der Waals surface area (Å²) in [7, 11) is 0. The fourth-order valence-electron chi connectivity index (χ4n) is 2.27. The number of nitrogens with zero attached hydrogens (tertiary/aromatic N) is 3. The Morgan fingerprint density at radius 1 is 1.17 bits per heavy atom. The van der Waals surface area contributed by atoms with Gasteiger partial charge < -0.3 is 4.74 Å². The van der Waals surface area contributed by atoms with Gasteiger partial charge in [-0.15, -0.1) is 5.10 Å². The molecule has 0 spiro atoms. The minimum absolute atomic E-state index is 0.118. The van der Waals surface area contributed by atoms with Gasteiger partial charge in [0.2, 0.25) is 0 Å². The summed E-state index contributed by atoms with van der Waals surface area (Å²) in [6, 6.07) is 14.1. The second-order valence-electron chi connectivity index (χ2n) is 5.43. The van der Waals surface area contributed by atoms with Gasteiger partial charge in [-0.2, -0.15) is 0 Å². The van der Waals surface area contributed by atoms with Gasteiger partial charge in [0.1, 0.15) is 12.4 Å². The van der Waals surface area contributed by atoms with Crippen molar-refractivity contribution in [2.24, 2.45) is 0 Å². The van der Waals surface area contributed by atoms with Crippen molar-refractivity contribution in [1.82, 2.24) is 15.0 Å². The zero-order valence-corrected chi connectivity index (χ0v) is 13.4. The highest BCUT2D eigenvalue weighted by atomic mass is 19.1. The van der Waals surface area contributed by atoms with E-state index in [0.717, 1.165) is 5.56 Å². The molecule has 0 saturated heterocycles. The highest BCUT2D eigenvalue weighted by Crippen LogP contribution is 2.16. The minimum atomic E-state index is -0.560. The Morgan fingerprint density at radius 3 is 2.62 bits per heavy atom. The molecule has 3 aromatic rings. The highest BCUT2D eigenvalue weighted by molar-refractivity contribution is 5.88. The number of rotatable bonds is 4. The zero-order chi connectivity index (χ0) is 17.1. The van der Waals surface area contributed by atoms with Gasteiger partial charge >= 0.3 is 5.97 Å². The molecule has 0 N–H and O–H groups in total. The van der Waals surface area contributed by atoms with Crippen molar-refractivity contribution in [3.05, 3.63) is 76.9 Å². The number of benzene rings is 2. The van der Waals surface area contributed by atoms with Crippen molar-refractivity contribution in [2.75, 3.05) is 0 Å². The number of ether oxygens (including phenoxy) is 1. The van der Waals surface area contributed by atoms with Gasteiger partial charge in [0.25, 0.3) is 0 Å². The Balaban J connectivity index is 1.79. The van der Waals surface area contributed by atoms with Gasteiger partial charge in [-0.25, -0.2) is 13.9 Å². The molecule has 0 fully saturated rings. The van der Waals surface area contributed by atoms with Crippen molar-refractivity contribution in [2.45, 2.75) is 20.5 Å². The maximum atomic E-state index is 13.7. The van der Waals surface area contributed by atoms with Crippen molar-refractivity contribution in [3.63, 3.8) is 0 Å². The minimum Gasteiger partial charge on any atom is -0.456 e. The Hall–Kier alpha value is -3.02. The first-order chi connectivity index (χ1) is 11.6. The van der Waals surface area contributed by atoms with Crippen molar-refractivity contribution >= 4 is 5.97 Å². The quantitative estimate of drug-likeness (QED) is 0.690. The number of halogens is 1. The van der Waals surface area contributed by atoms with Crippen LogP contribution >= 0.6 is 0 Å². The number of esters is 1. The molecular formula is C18H16FN3O2. The molecule has 0 atom stereocenters. The summed E-state index contributed by atoms with van der Waals surface area (Å²) in [5.74, 6) is -0.897. The van der Waals surface area contributed by atoms with E-state index in [-0.39, 0.29) is 18.1 Å². The van der Waals surface area contributed by atoms with Crippen molar-refractivity contribution in [1.29, 1.82) is 0 Å². The van der Waals surface area contributed by atoms with Gasteiger partial charge in [0.15, 0.2) is 5.69 Å². The molecule has 1 heterocycles. The molecule has 0 amide bonds. The maximum Gasteiger partial charge on any atom is 0.361 e. The van der Waals surface area contributed by atoms with Crippen LogP contribution in [0.5, 0.6) is 0 Å². The molecule has 0 unspecified atom stereocenters. The van der Waals surface area contributed by atoms with E-state index in [2.05, 4.69) is 10.3 Å². The predicted molar refractivity (Wildman–Crippen MR) is 86.4 cm³/mol. The first-order valence-corrected chi connectivity index (χ1v) is 7.46. The summed E-state index contributed by atoms with van der Waals surface area (Å²) >= 11 is 0. The van der Waals surface area contributed by atoms with Gasteiger partial charge in [-0.3, -0.25) is 0 Å². The number of aryl methyl sites for hydroxylation is 1. The van der Waals surface area contributed by atoms with E-state index in [1.807, 2.05) is 30.3 Å². The van der Waals surface area contributed by atoms with E-state index in [9.17, 15) is 9.18 Å². The lowest BCUT2D eigenvalue weighted by atomic mass is 10.2. The smallest absolute Gasteiger partial charge is 0.361 e. The molecule has 1 aromatic heterocycles. The van der Waals surface area contributed by atoms with Crippen LogP contribution in [-0.4, -0.2) is 21.0 Å². The van der Waals surface area contributed by atoms with Crippen LogP contribution in [0.3, 0.4) is 0 Å². The summed E-state index contributed by atoms with van der Waals surface area (Å²) in [5, 5.41) is 7.80. The number of hydrogen-bond donors (Lipinski definition) is 0. The molecule has 0 saturated carbocycles. The molecule has 6 heteroatoms. The molecular weight excluding hydrogens is 309 g/mol. The second-order valence-corrected chi connectivity index (χ2v) is 5.43. The van der Waals surface area contributed by atoms with Crippen LogP contribution in [-0.2, 0) is 11.3 Å². The molecule has 122 valence electrons. The average molecular weight is 325 g/mol. The largest absolute Gasteiger partial charge is 0.456 e. The van der Waals surface area contributed by atoms with E-state index in [0.29, 0.717) is 16.9 Å². The molecule has 0 aliphatic heterocycles. The van der Waals surface area contributed by atoms with Crippen LogP contribution in [0.2, 0.25) is 0 Å². The number of hydrogen-bond acceptors (Lipinski definition) is 4. The second kappa shape index (κ2) is 6.62. The fraction of sp³-hybridized carbons (Fsp3) is 0.167. The summed E-state index contributed by atoms with van der Waals surface area (Å²) in [6.07, 6.45) is 0. The van der Waals surface area contributed by atoms with Crippen LogP contribution in [0.4, 0.5) is 4.39 Å². The Labute approximate surface area is 138 Å².